The average Bonchev–Trinajstić information content (AvgIpc) is 2.64. The molecule has 2 aromatic heterocycles. The third-order valence-electron chi connectivity index (χ3n) is 2.61. The predicted octanol–water partition coefficient (Wildman–Crippen LogP) is 3.22. The number of hydrogen-bond donors (Lipinski definition) is 0. The molecule has 0 radical (unpaired) electrons. The molecule has 0 aliphatic carbocycles. The maximum Gasteiger partial charge on any atom is 0.215 e. The van der Waals surface area contributed by atoms with Crippen molar-refractivity contribution in [2.24, 2.45) is 5.41 Å². The summed E-state index contributed by atoms with van der Waals surface area (Å²) in [6.07, 6.45) is 0. The van der Waals surface area contributed by atoms with Crippen molar-refractivity contribution in [1.29, 1.82) is 0 Å². The van der Waals surface area contributed by atoms with E-state index in [1.54, 1.807) is 7.11 Å². The van der Waals surface area contributed by atoms with E-state index < -0.39 is 0 Å². The van der Waals surface area contributed by atoms with E-state index in [1.807, 2.05) is 12.1 Å². The van der Waals surface area contributed by atoms with Crippen molar-refractivity contribution in [2.75, 3.05) is 7.11 Å². The number of alkyl halides is 1. The Labute approximate surface area is 112 Å². The van der Waals surface area contributed by atoms with Crippen LogP contribution in [0.2, 0.25) is 0 Å². The largest absolute Gasteiger partial charge is 0.481 e. The van der Waals surface area contributed by atoms with Gasteiger partial charge in [0.15, 0.2) is 5.65 Å². The van der Waals surface area contributed by atoms with Gasteiger partial charge in [0.05, 0.1) is 13.0 Å². The molecule has 5 heteroatoms. The summed E-state index contributed by atoms with van der Waals surface area (Å²) in [6.45, 7) is 7.36. The number of imidazole rings is 1. The van der Waals surface area contributed by atoms with Crippen LogP contribution in [-0.2, 0) is 12.4 Å². The summed E-state index contributed by atoms with van der Waals surface area (Å²) < 4.78 is 7.24. The van der Waals surface area contributed by atoms with Crippen LogP contribution in [0.5, 0.6) is 5.88 Å². The number of aromatic nitrogens is 3. The number of fused-ring (bicyclic) bond motifs is 1. The van der Waals surface area contributed by atoms with E-state index in [0.717, 1.165) is 23.5 Å². The molecule has 2 heterocycles. The lowest BCUT2D eigenvalue weighted by atomic mass is 9.97. The van der Waals surface area contributed by atoms with Crippen molar-refractivity contribution in [1.82, 2.24) is 14.5 Å². The molecule has 2 aromatic rings. The number of pyridine rings is 1. The Balaban J connectivity index is 2.59. The van der Waals surface area contributed by atoms with Crippen LogP contribution in [-0.4, -0.2) is 21.6 Å². The topological polar surface area (TPSA) is 39.9 Å². The number of rotatable bonds is 3. The minimum atomic E-state index is 0.138. The van der Waals surface area contributed by atoms with Gasteiger partial charge in [0, 0.05) is 12.6 Å². The lowest BCUT2D eigenvalue weighted by Gasteiger charge is -2.20. The van der Waals surface area contributed by atoms with Crippen LogP contribution >= 0.6 is 11.6 Å². The Bertz CT molecular complexity index is 557. The third kappa shape index (κ3) is 2.58. The van der Waals surface area contributed by atoms with Gasteiger partial charge in [-0.3, -0.25) is 0 Å². The van der Waals surface area contributed by atoms with Gasteiger partial charge in [0.25, 0.3) is 0 Å². The maximum absolute atomic E-state index is 5.96. The molecular weight excluding hydrogens is 250 g/mol. The van der Waals surface area contributed by atoms with Crippen molar-refractivity contribution in [2.45, 2.75) is 33.2 Å². The first-order valence-corrected chi connectivity index (χ1v) is 6.44. The molecular formula is C13H18ClN3O. The van der Waals surface area contributed by atoms with Crippen LogP contribution in [0.25, 0.3) is 11.2 Å². The van der Waals surface area contributed by atoms with Crippen molar-refractivity contribution in [3.63, 3.8) is 0 Å². The highest BCUT2D eigenvalue weighted by Crippen LogP contribution is 2.24. The number of halogens is 1. The molecule has 0 aliphatic heterocycles. The monoisotopic (exact) mass is 267 g/mol. The highest BCUT2D eigenvalue weighted by atomic mass is 35.5. The normalized spacial score (nSPS) is 12.1. The molecule has 0 aliphatic rings. The Morgan fingerprint density at radius 1 is 1.28 bits per heavy atom. The van der Waals surface area contributed by atoms with Crippen LogP contribution in [0, 0.1) is 5.41 Å². The second-order valence-electron chi connectivity index (χ2n) is 5.50. The average molecular weight is 268 g/mol. The molecule has 0 unspecified atom stereocenters. The highest BCUT2D eigenvalue weighted by Gasteiger charge is 2.18. The highest BCUT2D eigenvalue weighted by molar-refractivity contribution is 6.16. The zero-order valence-electron chi connectivity index (χ0n) is 11.2. The summed E-state index contributed by atoms with van der Waals surface area (Å²) in [7, 11) is 1.61. The molecule has 0 aromatic carbocycles. The molecule has 2 rings (SSSR count). The summed E-state index contributed by atoms with van der Waals surface area (Å²) in [4.78, 5) is 8.97. The van der Waals surface area contributed by atoms with E-state index in [4.69, 9.17) is 16.3 Å². The minimum absolute atomic E-state index is 0.138. The first kappa shape index (κ1) is 13.1. The first-order chi connectivity index (χ1) is 8.44. The Morgan fingerprint density at radius 3 is 2.56 bits per heavy atom. The van der Waals surface area contributed by atoms with Gasteiger partial charge in [0.2, 0.25) is 5.88 Å². The number of nitrogens with zero attached hydrogens (tertiary/aromatic N) is 3. The second-order valence-corrected chi connectivity index (χ2v) is 5.77. The van der Waals surface area contributed by atoms with E-state index in [0.29, 0.717) is 11.8 Å². The number of hydrogen-bond acceptors (Lipinski definition) is 3. The van der Waals surface area contributed by atoms with Crippen LogP contribution in [0.1, 0.15) is 26.6 Å². The summed E-state index contributed by atoms with van der Waals surface area (Å²) in [5, 5.41) is 0. The zero-order valence-corrected chi connectivity index (χ0v) is 12.0. The summed E-state index contributed by atoms with van der Waals surface area (Å²) in [5.74, 6) is 1.83. The third-order valence-corrected chi connectivity index (χ3v) is 2.85. The van der Waals surface area contributed by atoms with E-state index in [-0.39, 0.29) is 5.41 Å². The van der Waals surface area contributed by atoms with Gasteiger partial charge in [-0.05, 0) is 11.5 Å². The van der Waals surface area contributed by atoms with E-state index in [2.05, 4.69) is 35.3 Å². The standard InChI is InChI=1S/C13H18ClN3O/c1-13(2,3)8-17-10(7-14)15-9-5-6-11(18-4)16-12(9)17/h5-6H,7-8H2,1-4H3. The molecule has 98 valence electrons. The fraction of sp³-hybridized carbons (Fsp3) is 0.538. The quantitative estimate of drug-likeness (QED) is 0.802. The smallest absolute Gasteiger partial charge is 0.215 e. The van der Waals surface area contributed by atoms with Gasteiger partial charge in [-0.15, -0.1) is 11.6 Å². The van der Waals surface area contributed by atoms with Crippen LogP contribution in [0.4, 0.5) is 0 Å². The van der Waals surface area contributed by atoms with Crippen molar-refractivity contribution >= 4 is 22.8 Å². The van der Waals surface area contributed by atoms with Gasteiger partial charge < -0.3 is 9.30 Å². The zero-order chi connectivity index (χ0) is 13.3. The molecule has 0 saturated carbocycles. The lowest BCUT2D eigenvalue weighted by molar-refractivity contribution is 0.342. The van der Waals surface area contributed by atoms with Crippen molar-refractivity contribution < 1.29 is 4.74 Å². The van der Waals surface area contributed by atoms with E-state index in [9.17, 15) is 0 Å². The molecule has 0 bridgehead atoms. The number of methoxy groups -OCH3 is 1. The minimum Gasteiger partial charge on any atom is -0.481 e. The van der Waals surface area contributed by atoms with Crippen LogP contribution < -0.4 is 4.74 Å². The van der Waals surface area contributed by atoms with Crippen LogP contribution in [0.3, 0.4) is 0 Å². The second kappa shape index (κ2) is 4.76. The summed E-state index contributed by atoms with van der Waals surface area (Å²) in [5.41, 5.74) is 1.83. The van der Waals surface area contributed by atoms with E-state index >= 15 is 0 Å². The maximum atomic E-state index is 5.96. The lowest BCUT2D eigenvalue weighted by Crippen LogP contribution is -2.17. The van der Waals surface area contributed by atoms with Gasteiger partial charge in [0.1, 0.15) is 11.3 Å². The molecule has 0 saturated heterocycles. The Kier molecular flexibility index (Phi) is 3.48. The molecule has 4 nitrogen and oxygen atoms in total. The van der Waals surface area contributed by atoms with Crippen molar-refractivity contribution in [3.05, 3.63) is 18.0 Å². The molecule has 0 amide bonds. The summed E-state index contributed by atoms with van der Waals surface area (Å²) >= 11 is 5.96. The Morgan fingerprint density at radius 2 is 2.00 bits per heavy atom. The Hall–Kier alpha value is -1.29. The molecule has 18 heavy (non-hydrogen) atoms. The fourth-order valence-electron chi connectivity index (χ4n) is 1.89. The van der Waals surface area contributed by atoms with Gasteiger partial charge >= 0.3 is 0 Å². The molecule has 0 spiro atoms. The summed E-state index contributed by atoms with van der Waals surface area (Å²) in [6, 6.07) is 3.73. The predicted molar refractivity (Wildman–Crippen MR) is 73.1 cm³/mol. The van der Waals surface area contributed by atoms with Crippen LogP contribution in [0.15, 0.2) is 12.1 Å². The number of ether oxygens (including phenoxy) is 1. The van der Waals surface area contributed by atoms with Gasteiger partial charge in [-0.2, -0.15) is 4.98 Å². The molecule has 0 N–H and O–H groups in total. The van der Waals surface area contributed by atoms with Crippen molar-refractivity contribution in [3.8, 4) is 5.88 Å². The SMILES string of the molecule is COc1ccc2nc(CCl)n(CC(C)(C)C)c2n1. The van der Waals surface area contributed by atoms with Gasteiger partial charge in [-0.25, -0.2) is 4.98 Å². The first-order valence-electron chi connectivity index (χ1n) is 5.91. The molecule has 0 atom stereocenters. The van der Waals surface area contributed by atoms with Gasteiger partial charge in [-0.1, -0.05) is 20.8 Å². The molecule has 0 fully saturated rings. The van der Waals surface area contributed by atoms with E-state index in [1.165, 1.54) is 0 Å². The fourth-order valence-corrected chi connectivity index (χ4v) is 2.09.